The highest BCUT2D eigenvalue weighted by Gasteiger charge is 2.21. The van der Waals surface area contributed by atoms with Gasteiger partial charge in [0.05, 0.1) is 0 Å². The molecule has 5 heteroatoms. The van der Waals surface area contributed by atoms with Gasteiger partial charge in [-0.25, -0.2) is 9.97 Å². The van der Waals surface area contributed by atoms with Gasteiger partial charge in [-0.05, 0) is 34.0 Å². The fraction of sp³-hybridized carbons (Fsp3) is 0.733. The van der Waals surface area contributed by atoms with Gasteiger partial charge >= 0.3 is 0 Å². The van der Waals surface area contributed by atoms with Crippen molar-refractivity contribution in [2.75, 3.05) is 44.9 Å². The molecule has 0 unspecified atom stereocenters. The van der Waals surface area contributed by atoms with Gasteiger partial charge in [0.15, 0.2) is 0 Å². The molecule has 5 nitrogen and oxygen atoms in total. The zero-order valence-electron chi connectivity index (χ0n) is 14.0. The molecule has 0 fully saturated rings. The van der Waals surface area contributed by atoms with Gasteiger partial charge in [0.1, 0.15) is 17.5 Å². The average Bonchev–Trinajstić information content (AvgIpc) is 2.30. The number of aromatic nitrogens is 2. The van der Waals surface area contributed by atoms with Gasteiger partial charge in [0, 0.05) is 24.6 Å². The minimum atomic E-state index is -0.0962. The third kappa shape index (κ3) is 4.34. The molecular formula is C15H29N5. The summed E-state index contributed by atoms with van der Waals surface area (Å²) in [6.45, 7) is 10.3. The predicted octanol–water partition coefficient (Wildman–Crippen LogP) is 2.05. The molecule has 1 heterocycles. The number of anilines is 2. The van der Waals surface area contributed by atoms with E-state index >= 15 is 0 Å². The Kier molecular flexibility index (Phi) is 5.34. The fourth-order valence-electron chi connectivity index (χ4n) is 1.96. The van der Waals surface area contributed by atoms with Crippen molar-refractivity contribution >= 4 is 11.6 Å². The maximum atomic E-state index is 6.05. The quantitative estimate of drug-likeness (QED) is 0.894. The lowest BCUT2D eigenvalue weighted by Gasteiger charge is -2.25. The Hall–Kier alpha value is -1.36. The summed E-state index contributed by atoms with van der Waals surface area (Å²) in [5, 5.41) is 0. The number of nitrogens with zero attached hydrogens (tertiary/aromatic N) is 4. The molecule has 1 aromatic rings. The van der Waals surface area contributed by atoms with E-state index in [-0.39, 0.29) is 5.41 Å². The first-order valence-electron chi connectivity index (χ1n) is 7.13. The van der Waals surface area contributed by atoms with E-state index in [1.54, 1.807) is 0 Å². The van der Waals surface area contributed by atoms with Gasteiger partial charge in [-0.15, -0.1) is 0 Å². The molecule has 0 aliphatic heterocycles. The first-order chi connectivity index (χ1) is 9.12. The van der Waals surface area contributed by atoms with E-state index in [9.17, 15) is 0 Å². The number of nitrogens with two attached hydrogens (primary N) is 1. The van der Waals surface area contributed by atoms with E-state index in [1.165, 1.54) is 0 Å². The lowest BCUT2D eigenvalue weighted by Crippen LogP contribution is -2.27. The molecule has 0 spiro atoms. The van der Waals surface area contributed by atoms with Crippen LogP contribution in [-0.2, 0) is 5.41 Å². The second kappa shape index (κ2) is 6.39. The molecule has 20 heavy (non-hydrogen) atoms. The molecule has 0 amide bonds. The molecule has 114 valence electrons. The summed E-state index contributed by atoms with van der Waals surface area (Å²) in [6.07, 6.45) is 1.09. The van der Waals surface area contributed by atoms with Crippen LogP contribution >= 0.6 is 0 Å². The highest BCUT2D eigenvalue weighted by molar-refractivity contribution is 5.56. The first kappa shape index (κ1) is 16.7. The number of hydrogen-bond donors (Lipinski definition) is 1. The smallest absolute Gasteiger partial charge is 0.138 e. The van der Waals surface area contributed by atoms with E-state index in [2.05, 4.69) is 56.7 Å². The maximum Gasteiger partial charge on any atom is 0.138 e. The van der Waals surface area contributed by atoms with Crippen molar-refractivity contribution in [3.05, 3.63) is 11.4 Å². The molecule has 2 N–H and O–H groups in total. The van der Waals surface area contributed by atoms with Crippen LogP contribution in [0.5, 0.6) is 0 Å². The second-order valence-electron chi connectivity index (χ2n) is 6.71. The summed E-state index contributed by atoms with van der Waals surface area (Å²) in [5.74, 6) is 2.33. The van der Waals surface area contributed by atoms with Crippen LogP contribution in [-0.4, -0.2) is 49.1 Å². The molecule has 0 aliphatic rings. The first-order valence-corrected chi connectivity index (χ1v) is 7.13. The summed E-state index contributed by atoms with van der Waals surface area (Å²) in [6, 6.07) is 0. The normalized spacial score (nSPS) is 12.0. The van der Waals surface area contributed by atoms with Crippen molar-refractivity contribution in [3.63, 3.8) is 0 Å². The van der Waals surface area contributed by atoms with E-state index in [4.69, 9.17) is 10.7 Å². The standard InChI is InChI=1S/C15H29N5/c1-11-12(16)17-14(15(2,3)4)18-13(11)20(7)10-8-9-19(5)6/h8-10H2,1-7H3,(H2,16,17,18). The van der Waals surface area contributed by atoms with E-state index < -0.39 is 0 Å². The van der Waals surface area contributed by atoms with Crippen molar-refractivity contribution in [3.8, 4) is 0 Å². The molecule has 0 radical (unpaired) electrons. The highest BCUT2D eigenvalue weighted by atomic mass is 15.2. The molecule has 0 aromatic carbocycles. The Morgan fingerprint density at radius 1 is 1.05 bits per heavy atom. The number of rotatable bonds is 5. The van der Waals surface area contributed by atoms with Gasteiger partial charge in [-0.2, -0.15) is 0 Å². The van der Waals surface area contributed by atoms with Gasteiger partial charge < -0.3 is 15.5 Å². The van der Waals surface area contributed by atoms with Gasteiger partial charge in [0.2, 0.25) is 0 Å². The Balaban J connectivity index is 2.95. The third-order valence-corrected chi connectivity index (χ3v) is 3.29. The zero-order chi connectivity index (χ0) is 15.5. The summed E-state index contributed by atoms with van der Waals surface area (Å²) in [5.41, 5.74) is 6.91. The van der Waals surface area contributed by atoms with Crippen LogP contribution in [0.2, 0.25) is 0 Å². The third-order valence-electron chi connectivity index (χ3n) is 3.29. The number of nitrogen functional groups attached to an aromatic ring is 1. The SMILES string of the molecule is Cc1c(N)nc(C(C)(C)C)nc1N(C)CCCN(C)C. The van der Waals surface area contributed by atoms with Crippen molar-refractivity contribution < 1.29 is 0 Å². The van der Waals surface area contributed by atoms with Gasteiger partial charge in [0.25, 0.3) is 0 Å². The minimum absolute atomic E-state index is 0.0962. The Morgan fingerprint density at radius 3 is 2.15 bits per heavy atom. The molecule has 1 rings (SSSR count). The molecule has 0 aliphatic carbocycles. The predicted molar refractivity (Wildman–Crippen MR) is 86.3 cm³/mol. The Morgan fingerprint density at radius 2 is 1.65 bits per heavy atom. The molecule has 0 saturated heterocycles. The van der Waals surface area contributed by atoms with Gasteiger partial charge in [-0.1, -0.05) is 20.8 Å². The van der Waals surface area contributed by atoms with E-state index in [0.29, 0.717) is 5.82 Å². The minimum Gasteiger partial charge on any atom is -0.383 e. The lowest BCUT2D eigenvalue weighted by molar-refractivity contribution is 0.401. The Labute approximate surface area is 123 Å². The van der Waals surface area contributed by atoms with Crippen LogP contribution in [0.25, 0.3) is 0 Å². The molecule has 0 atom stereocenters. The largest absolute Gasteiger partial charge is 0.383 e. The average molecular weight is 279 g/mol. The van der Waals surface area contributed by atoms with Crippen LogP contribution in [0, 0.1) is 6.92 Å². The zero-order valence-corrected chi connectivity index (χ0v) is 14.0. The van der Waals surface area contributed by atoms with Gasteiger partial charge in [-0.3, -0.25) is 0 Å². The molecule has 0 saturated carbocycles. The molecular weight excluding hydrogens is 250 g/mol. The van der Waals surface area contributed by atoms with E-state index in [0.717, 1.165) is 36.7 Å². The molecule has 0 bridgehead atoms. The van der Waals surface area contributed by atoms with Crippen LogP contribution in [0.3, 0.4) is 0 Å². The van der Waals surface area contributed by atoms with Crippen molar-refractivity contribution in [2.24, 2.45) is 0 Å². The monoisotopic (exact) mass is 279 g/mol. The summed E-state index contributed by atoms with van der Waals surface area (Å²) >= 11 is 0. The lowest BCUT2D eigenvalue weighted by atomic mass is 9.95. The van der Waals surface area contributed by atoms with Crippen molar-refractivity contribution in [1.82, 2.24) is 14.9 Å². The summed E-state index contributed by atoms with van der Waals surface area (Å²) in [4.78, 5) is 13.5. The highest BCUT2D eigenvalue weighted by Crippen LogP contribution is 2.26. The van der Waals surface area contributed by atoms with Crippen molar-refractivity contribution in [2.45, 2.75) is 39.5 Å². The second-order valence-corrected chi connectivity index (χ2v) is 6.71. The number of hydrogen-bond acceptors (Lipinski definition) is 5. The maximum absolute atomic E-state index is 6.05. The summed E-state index contributed by atoms with van der Waals surface area (Å²) < 4.78 is 0. The van der Waals surface area contributed by atoms with Crippen LogP contribution < -0.4 is 10.6 Å². The topological polar surface area (TPSA) is 58.3 Å². The van der Waals surface area contributed by atoms with Crippen LogP contribution in [0.1, 0.15) is 38.6 Å². The van der Waals surface area contributed by atoms with Crippen LogP contribution in [0.15, 0.2) is 0 Å². The van der Waals surface area contributed by atoms with E-state index in [1.807, 2.05) is 6.92 Å². The van der Waals surface area contributed by atoms with Crippen molar-refractivity contribution in [1.29, 1.82) is 0 Å². The summed E-state index contributed by atoms with van der Waals surface area (Å²) in [7, 11) is 6.24. The van der Waals surface area contributed by atoms with Crippen LogP contribution in [0.4, 0.5) is 11.6 Å². The Bertz CT molecular complexity index is 448. The fourth-order valence-corrected chi connectivity index (χ4v) is 1.96. The molecule has 1 aromatic heterocycles.